The van der Waals surface area contributed by atoms with Crippen molar-refractivity contribution in [3.63, 3.8) is 0 Å². The van der Waals surface area contributed by atoms with Crippen molar-refractivity contribution in [1.82, 2.24) is 5.32 Å². The van der Waals surface area contributed by atoms with Gasteiger partial charge in [-0.2, -0.15) is 0 Å². The van der Waals surface area contributed by atoms with Crippen LogP contribution < -0.4 is 16.0 Å². The quantitative estimate of drug-likeness (QED) is 0.777. The zero-order valence-corrected chi connectivity index (χ0v) is 13.6. The van der Waals surface area contributed by atoms with Gasteiger partial charge in [-0.25, -0.2) is 4.79 Å². The van der Waals surface area contributed by atoms with E-state index in [0.717, 1.165) is 10.6 Å². The van der Waals surface area contributed by atoms with Crippen molar-refractivity contribution in [3.05, 3.63) is 53.6 Å². The molecule has 0 aliphatic carbocycles. The van der Waals surface area contributed by atoms with E-state index in [9.17, 15) is 9.59 Å². The SMILES string of the molecule is O=C(Nc1ccc(Cl)cc1)N[C@H]1CSc2ccccc2NC1=O. The van der Waals surface area contributed by atoms with Crippen LogP contribution in [-0.2, 0) is 4.79 Å². The lowest BCUT2D eigenvalue weighted by Crippen LogP contribution is -2.46. The molecule has 0 bridgehead atoms. The van der Waals surface area contributed by atoms with Crippen LogP contribution in [0.4, 0.5) is 16.2 Å². The highest BCUT2D eigenvalue weighted by Gasteiger charge is 2.25. The Morgan fingerprint density at radius 2 is 1.91 bits per heavy atom. The molecule has 118 valence electrons. The molecule has 0 saturated heterocycles. The first-order valence-corrected chi connectivity index (χ1v) is 8.34. The Kier molecular flexibility index (Phi) is 4.73. The number of hydrogen-bond acceptors (Lipinski definition) is 3. The fraction of sp³-hybridized carbons (Fsp3) is 0.125. The Balaban J connectivity index is 1.63. The standard InChI is InChI=1S/C16H14ClN3O2S/c17-10-5-7-11(8-6-10)18-16(22)20-13-9-23-14-4-2-1-3-12(14)19-15(13)21/h1-8,13H,9H2,(H,19,21)(H2,18,20,22)/t13-/m0/s1. The van der Waals surface area contributed by atoms with Gasteiger partial charge in [-0.05, 0) is 36.4 Å². The second-order valence-electron chi connectivity index (χ2n) is 4.95. The van der Waals surface area contributed by atoms with Crippen LogP contribution in [0.15, 0.2) is 53.4 Å². The van der Waals surface area contributed by atoms with E-state index in [1.165, 1.54) is 11.8 Å². The van der Waals surface area contributed by atoms with E-state index in [4.69, 9.17) is 11.6 Å². The van der Waals surface area contributed by atoms with E-state index in [-0.39, 0.29) is 5.91 Å². The number of carbonyl (C=O) groups is 2. The molecule has 2 aromatic rings. The highest BCUT2D eigenvalue weighted by Crippen LogP contribution is 2.30. The molecule has 0 saturated carbocycles. The summed E-state index contributed by atoms with van der Waals surface area (Å²) in [5, 5.41) is 8.79. The van der Waals surface area contributed by atoms with E-state index in [2.05, 4.69) is 16.0 Å². The molecule has 0 spiro atoms. The van der Waals surface area contributed by atoms with Crippen molar-refractivity contribution in [2.75, 3.05) is 16.4 Å². The summed E-state index contributed by atoms with van der Waals surface area (Å²) < 4.78 is 0. The number of carbonyl (C=O) groups excluding carboxylic acids is 2. The number of thioether (sulfide) groups is 1. The Morgan fingerprint density at radius 3 is 2.70 bits per heavy atom. The average molecular weight is 348 g/mol. The van der Waals surface area contributed by atoms with Crippen molar-refractivity contribution in [2.45, 2.75) is 10.9 Å². The first kappa shape index (κ1) is 15.7. The van der Waals surface area contributed by atoms with E-state index in [1.54, 1.807) is 24.3 Å². The van der Waals surface area contributed by atoms with Crippen LogP contribution in [0, 0.1) is 0 Å². The van der Waals surface area contributed by atoms with Gasteiger partial charge in [-0.15, -0.1) is 11.8 Å². The Labute approximate surface area is 142 Å². The molecular weight excluding hydrogens is 334 g/mol. The largest absolute Gasteiger partial charge is 0.325 e. The van der Waals surface area contributed by atoms with Crippen molar-refractivity contribution in [2.24, 2.45) is 0 Å². The number of halogens is 1. The summed E-state index contributed by atoms with van der Waals surface area (Å²) >= 11 is 7.33. The molecule has 1 aliphatic heterocycles. The molecule has 3 rings (SSSR count). The van der Waals surface area contributed by atoms with Crippen LogP contribution in [0.1, 0.15) is 0 Å². The number of para-hydroxylation sites is 1. The Hall–Kier alpha value is -2.18. The number of benzene rings is 2. The maximum atomic E-state index is 12.2. The second kappa shape index (κ2) is 6.93. The van der Waals surface area contributed by atoms with Gasteiger partial charge in [0, 0.05) is 21.4 Å². The van der Waals surface area contributed by atoms with Gasteiger partial charge in [0.05, 0.1) is 5.69 Å². The summed E-state index contributed by atoms with van der Waals surface area (Å²) in [5.74, 6) is 0.241. The molecule has 0 unspecified atom stereocenters. The molecule has 1 atom stereocenters. The van der Waals surface area contributed by atoms with Gasteiger partial charge in [0.25, 0.3) is 0 Å². The van der Waals surface area contributed by atoms with Gasteiger partial charge >= 0.3 is 6.03 Å². The maximum absolute atomic E-state index is 12.2. The van der Waals surface area contributed by atoms with Crippen molar-refractivity contribution < 1.29 is 9.59 Å². The van der Waals surface area contributed by atoms with Gasteiger partial charge in [0.15, 0.2) is 0 Å². The average Bonchev–Trinajstić information content (AvgIpc) is 2.69. The summed E-state index contributed by atoms with van der Waals surface area (Å²) in [7, 11) is 0. The summed E-state index contributed by atoms with van der Waals surface area (Å²) in [4.78, 5) is 25.3. The Bertz CT molecular complexity index is 736. The topological polar surface area (TPSA) is 70.2 Å². The maximum Gasteiger partial charge on any atom is 0.319 e. The number of rotatable bonds is 2. The summed E-state index contributed by atoms with van der Waals surface area (Å²) in [5.41, 5.74) is 1.38. The fourth-order valence-corrected chi connectivity index (χ4v) is 3.29. The third-order valence-electron chi connectivity index (χ3n) is 3.27. The van der Waals surface area contributed by atoms with E-state index >= 15 is 0 Å². The molecule has 1 heterocycles. The predicted octanol–water partition coefficient (Wildman–Crippen LogP) is 3.57. The van der Waals surface area contributed by atoms with Crippen LogP contribution >= 0.6 is 23.4 Å². The first-order chi connectivity index (χ1) is 11.1. The molecule has 0 aromatic heterocycles. The molecule has 7 heteroatoms. The molecule has 0 radical (unpaired) electrons. The molecule has 0 fully saturated rings. The zero-order chi connectivity index (χ0) is 16.2. The summed E-state index contributed by atoms with van der Waals surface area (Å²) in [6, 6.07) is 13.3. The molecule has 23 heavy (non-hydrogen) atoms. The van der Waals surface area contributed by atoms with Crippen molar-refractivity contribution >= 4 is 46.7 Å². The van der Waals surface area contributed by atoms with Gasteiger partial charge in [0.1, 0.15) is 6.04 Å². The van der Waals surface area contributed by atoms with Gasteiger partial charge < -0.3 is 16.0 Å². The smallest absolute Gasteiger partial charge is 0.319 e. The Morgan fingerprint density at radius 1 is 1.17 bits per heavy atom. The highest BCUT2D eigenvalue weighted by molar-refractivity contribution is 7.99. The number of nitrogens with one attached hydrogen (secondary N) is 3. The molecule has 2 aromatic carbocycles. The molecule has 1 aliphatic rings. The zero-order valence-electron chi connectivity index (χ0n) is 12.0. The summed E-state index contributed by atoms with van der Waals surface area (Å²) in [6.45, 7) is 0. The summed E-state index contributed by atoms with van der Waals surface area (Å²) in [6.07, 6.45) is 0. The van der Waals surface area contributed by atoms with E-state index < -0.39 is 12.1 Å². The lowest BCUT2D eigenvalue weighted by Gasteiger charge is -2.15. The molecule has 3 amide bonds. The number of fused-ring (bicyclic) bond motifs is 1. The monoisotopic (exact) mass is 347 g/mol. The minimum absolute atomic E-state index is 0.228. The van der Waals surface area contributed by atoms with Crippen LogP contribution in [-0.4, -0.2) is 23.7 Å². The van der Waals surface area contributed by atoms with Crippen LogP contribution in [0.5, 0.6) is 0 Å². The number of anilines is 2. The molecular formula is C16H14ClN3O2S. The number of urea groups is 1. The van der Waals surface area contributed by atoms with Gasteiger partial charge in [0.2, 0.25) is 5.91 Å². The molecule has 5 nitrogen and oxygen atoms in total. The van der Waals surface area contributed by atoms with Crippen molar-refractivity contribution in [1.29, 1.82) is 0 Å². The number of amides is 3. The van der Waals surface area contributed by atoms with E-state index in [0.29, 0.717) is 16.5 Å². The minimum atomic E-state index is -0.611. The third-order valence-corrected chi connectivity index (χ3v) is 4.69. The van der Waals surface area contributed by atoms with Crippen LogP contribution in [0.3, 0.4) is 0 Å². The van der Waals surface area contributed by atoms with Crippen LogP contribution in [0.2, 0.25) is 5.02 Å². The first-order valence-electron chi connectivity index (χ1n) is 6.97. The normalized spacial score (nSPS) is 16.7. The van der Waals surface area contributed by atoms with Crippen LogP contribution in [0.25, 0.3) is 0 Å². The second-order valence-corrected chi connectivity index (χ2v) is 6.45. The lowest BCUT2D eigenvalue weighted by atomic mass is 10.2. The third kappa shape index (κ3) is 3.97. The van der Waals surface area contributed by atoms with Gasteiger partial charge in [-0.3, -0.25) is 4.79 Å². The van der Waals surface area contributed by atoms with Crippen molar-refractivity contribution in [3.8, 4) is 0 Å². The molecule has 3 N–H and O–H groups in total. The highest BCUT2D eigenvalue weighted by atomic mass is 35.5. The minimum Gasteiger partial charge on any atom is -0.325 e. The fourth-order valence-electron chi connectivity index (χ4n) is 2.13. The van der Waals surface area contributed by atoms with Gasteiger partial charge in [-0.1, -0.05) is 23.7 Å². The predicted molar refractivity (Wildman–Crippen MR) is 93.2 cm³/mol. The van der Waals surface area contributed by atoms with E-state index in [1.807, 2.05) is 24.3 Å². The lowest BCUT2D eigenvalue weighted by molar-refractivity contribution is -0.117. The number of hydrogen-bond donors (Lipinski definition) is 3.